The van der Waals surface area contributed by atoms with Crippen LogP contribution in [-0.4, -0.2) is 14.9 Å². The number of nitrogens with one attached hydrogen (secondary N) is 1. The molecule has 0 radical (unpaired) electrons. The van der Waals surface area contributed by atoms with Gasteiger partial charge in [-0.15, -0.1) is 0 Å². The van der Waals surface area contributed by atoms with Gasteiger partial charge in [0.05, 0.1) is 11.0 Å². The fourth-order valence-electron chi connectivity index (χ4n) is 3.34. The van der Waals surface area contributed by atoms with Crippen LogP contribution in [-0.2, 0) is 11.3 Å². The summed E-state index contributed by atoms with van der Waals surface area (Å²) in [6, 6.07) is 13.4. The zero-order valence-electron chi connectivity index (χ0n) is 14.9. The summed E-state index contributed by atoms with van der Waals surface area (Å²) in [4.78, 5) is 24.9. The van der Waals surface area contributed by atoms with Crippen molar-refractivity contribution in [2.75, 3.05) is 5.32 Å². The number of nitrogens with zero attached hydrogens (tertiary/aromatic N) is 2. The number of hydrogen-bond acceptors (Lipinski definition) is 2. The van der Waals surface area contributed by atoms with Crippen molar-refractivity contribution in [2.24, 2.45) is 0 Å². The molecule has 1 N–H and O–H groups in total. The minimum absolute atomic E-state index is 0.145. The van der Waals surface area contributed by atoms with Gasteiger partial charge in [-0.1, -0.05) is 6.07 Å². The molecule has 0 saturated heterocycles. The lowest BCUT2D eigenvalue weighted by atomic mass is 10.2. The highest BCUT2D eigenvalue weighted by Gasteiger charge is 2.12. The van der Waals surface area contributed by atoms with E-state index in [1.54, 1.807) is 34.9 Å². The smallest absolute Gasteiger partial charge is 0.275 e. The van der Waals surface area contributed by atoms with E-state index < -0.39 is 11.6 Å². The maximum atomic E-state index is 13.8. The first-order valence-electron chi connectivity index (χ1n) is 8.87. The fraction of sp³-hybridized carbons (Fsp3) is 0.143. The number of amides is 1. The summed E-state index contributed by atoms with van der Waals surface area (Å²) in [5, 5.41) is 2.62. The summed E-state index contributed by atoms with van der Waals surface area (Å²) in [5.74, 6) is -1.15. The van der Waals surface area contributed by atoms with E-state index >= 15 is 0 Å². The number of aromatic nitrogens is 2. The number of carbonyl (C=O) groups excluding carboxylic acids is 1. The molecule has 0 bridgehead atoms. The summed E-state index contributed by atoms with van der Waals surface area (Å²) >= 11 is 0. The number of hydrogen-bond donors (Lipinski definition) is 1. The molecule has 0 unspecified atom stereocenters. The van der Waals surface area contributed by atoms with E-state index in [0.717, 1.165) is 0 Å². The van der Waals surface area contributed by atoms with Crippen LogP contribution < -0.4 is 10.9 Å². The molecule has 0 aliphatic carbocycles. The lowest BCUT2D eigenvalue weighted by molar-refractivity contribution is -0.116. The maximum absolute atomic E-state index is 13.8. The first kappa shape index (κ1) is 17.9. The minimum atomic E-state index is -0.434. The molecular weight excluding hydrogens is 364 g/mol. The third-order valence-electron chi connectivity index (χ3n) is 4.59. The van der Waals surface area contributed by atoms with Crippen molar-refractivity contribution in [1.29, 1.82) is 0 Å². The topological polar surface area (TPSA) is 55.5 Å². The molecule has 4 aromatic rings. The van der Waals surface area contributed by atoms with Gasteiger partial charge in [0, 0.05) is 24.8 Å². The lowest BCUT2D eigenvalue weighted by Crippen LogP contribution is -2.23. The Labute approximate surface area is 158 Å². The van der Waals surface area contributed by atoms with Gasteiger partial charge in [0.15, 0.2) is 0 Å². The summed E-state index contributed by atoms with van der Waals surface area (Å²) in [5.41, 5.74) is 1.81. The van der Waals surface area contributed by atoms with Crippen molar-refractivity contribution >= 4 is 28.1 Å². The molecule has 0 spiro atoms. The highest BCUT2D eigenvalue weighted by molar-refractivity contribution is 5.90. The average Bonchev–Trinajstić information content (AvgIpc) is 3.14. The molecule has 1 amide bonds. The number of halogens is 2. The molecule has 0 aliphatic rings. The zero-order valence-corrected chi connectivity index (χ0v) is 14.9. The fourth-order valence-corrected chi connectivity index (χ4v) is 3.34. The molecule has 2 aromatic carbocycles. The van der Waals surface area contributed by atoms with Gasteiger partial charge in [0.25, 0.3) is 5.56 Å². The van der Waals surface area contributed by atoms with E-state index in [2.05, 4.69) is 5.32 Å². The quantitative estimate of drug-likeness (QED) is 0.569. The number of benzene rings is 2. The van der Waals surface area contributed by atoms with Crippen LogP contribution in [0.1, 0.15) is 12.8 Å². The minimum Gasteiger partial charge on any atom is -0.326 e. The molecule has 142 valence electrons. The normalized spacial score (nSPS) is 11.2. The van der Waals surface area contributed by atoms with Crippen molar-refractivity contribution in [3.63, 3.8) is 0 Å². The second-order valence-electron chi connectivity index (χ2n) is 6.52. The Morgan fingerprint density at radius 2 is 1.75 bits per heavy atom. The Kier molecular flexibility index (Phi) is 4.65. The van der Waals surface area contributed by atoms with Gasteiger partial charge >= 0.3 is 0 Å². The Morgan fingerprint density at radius 1 is 0.929 bits per heavy atom. The van der Waals surface area contributed by atoms with Gasteiger partial charge in [0.1, 0.15) is 17.2 Å². The standard InChI is InChI=1S/C21H17F2N3O2/c22-14-4-1-5-16(12-14)24-20(27)7-3-11-26-19-13-15(23)8-9-17(19)25-10-2-6-18(25)21(26)28/h1-2,4-6,8-10,12-13H,3,7,11H2,(H,24,27). The summed E-state index contributed by atoms with van der Waals surface area (Å²) in [7, 11) is 0. The molecular formula is C21H17F2N3O2. The lowest BCUT2D eigenvalue weighted by Gasteiger charge is -2.13. The second kappa shape index (κ2) is 7.26. The first-order chi connectivity index (χ1) is 13.5. The maximum Gasteiger partial charge on any atom is 0.275 e. The van der Waals surface area contributed by atoms with Gasteiger partial charge < -0.3 is 14.3 Å². The van der Waals surface area contributed by atoms with Crippen molar-refractivity contribution < 1.29 is 13.6 Å². The largest absolute Gasteiger partial charge is 0.326 e. The molecule has 0 atom stereocenters. The number of rotatable bonds is 5. The van der Waals surface area contributed by atoms with Gasteiger partial charge in [0.2, 0.25) is 5.91 Å². The summed E-state index contributed by atoms with van der Waals surface area (Å²) in [6.07, 6.45) is 2.28. The molecule has 0 saturated carbocycles. The van der Waals surface area contributed by atoms with E-state index in [0.29, 0.717) is 28.7 Å². The van der Waals surface area contributed by atoms with Gasteiger partial charge in [-0.3, -0.25) is 9.59 Å². The molecule has 2 heterocycles. The monoisotopic (exact) mass is 381 g/mol. The molecule has 5 nitrogen and oxygen atoms in total. The third kappa shape index (κ3) is 3.38. The van der Waals surface area contributed by atoms with Crippen LogP contribution in [0.5, 0.6) is 0 Å². The van der Waals surface area contributed by atoms with Gasteiger partial charge in [-0.05, 0) is 55.0 Å². The van der Waals surface area contributed by atoms with E-state index in [-0.39, 0.29) is 24.4 Å². The highest BCUT2D eigenvalue weighted by Crippen LogP contribution is 2.17. The third-order valence-corrected chi connectivity index (χ3v) is 4.59. The van der Waals surface area contributed by atoms with Crippen molar-refractivity contribution in [2.45, 2.75) is 19.4 Å². The number of fused-ring (bicyclic) bond motifs is 3. The molecule has 4 rings (SSSR count). The van der Waals surface area contributed by atoms with Crippen LogP contribution >= 0.6 is 0 Å². The van der Waals surface area contributed by atoms with Gasteiger partial charge in [-0.2, -0.15) is 0 Å². The number of anilines is 1. The van der Waals surface area contributed by atoms with E-state index in [1.165, 1.54) is 34.9 Å². The first-order valence-corrected chi connectivity index (χ1v) is 8.87. The number of aryl methyl sites for hydroxylation is 1. The molecule has 0 fully saturated rings. The van der Waals surface area contributed by atoms with Crippen LogP contribution in [0.4, 0.5) is 14.5 Å². The predicted octanol–water partition coefficient (Wildman–Crippen LogP) is 3.95. The Hall–Kier alpha value is -3.48. The molecule has 2 aromatic heterocycles. The van der Waals surface area contributed by atoms with Crippen LogP contribution in [0.2, 0.25) is 0 Å². The molecule has 28 heavy (non-hydrogen) atoms. The Morgan fingerprint density at radius 3 is 2.57 bits per heavy atom. The van der Waals surface area contributed by atoms with Gasteiger partial charge in [-0.25, -0.2) is 8.78 Å². The van der Waals surface area contributed by atoms with Crippen LogP contribution in [0.25, 0.3) is 16.6 Å². The van der Waals surface area contributed by atoms with Crippen LogP contribution in [0.3, 0.4) is 0 Å². The molecule has 7 heteroatoms. The zero-order chi connectivity index (χ0) is 19.7. The number of carbonyl (C=O) groups is 1. The Balaban J connectivity index is 1.55. The second-order valence-corrected chi connectivity index (χ2v) is 6.52. The van der Waals surface area contributed by atoms with E-state index in [4.69, 9.17) is 0 Å². The van der Waals surface area contributed by atoms with Crippen LogP contribution in [0, 0.1) is 11.6 Å². The van der Waals surface area contributed by atoms with Crippen molar-refractivity contribution in [3.05, 3.63) is 82.8 Å². The van der Waals surface area contributed by atoms with E-state index in [1.807, 2.05) is 0 Å². The average molecular weight is 381 g/mol. The van der Waals surface area contributed by atoms with E-state index in [9.17, 15) is 18.4 Å². The summed E-state index contributed by atoms with van der Waals surface area (Å²) < 4.78 is 30.2. The predicted molar refractivity (Wildman–Crippen MR) is 103 cm³/mol. The van der Waals surface area contributed by atoms with Crippen LogP contribution in [0.15, 0.2) is 65.6 Å². The Bertz CT molecular complexity index is 1240. The van der Waals surface area contributed by atoms with Crippen molar-refractivity contribution in [1.82, 2.24) is 8.97 Å². The van der Waals surface area contributed by atoms with Crippen molar-refractivity contribution in [3.8, 4) is 0 Å². The highest BCUT2D eigenvalue weighted by atomic mass is 19.1. The summed E-state index contributed by atoms with van der Waals surface area (Å²) in [6.45, 7) is 0.261. The SMILES string of the molecule is O=C(CCCn1c(=O)c2cccn2c2ccc(F)cc21)Nc1cccc(F)c1. The molecule has 0 aliphatic heterocycles.